The second-order valence-electron chi connectivity index (χ2n) is 5.62. The quantitative estimate of drug-likeness (QED) is 0.629. The SMILES string of the molecule is COP(CCNC(=O)CC(C)OCC1CCCCC1)OC. The third-order valence-corrected chi connectivity index (χ3v) is 5.24. The summed E-state index contributed by atoms with van der Waals surface area (Å²) in [5, 5.41) is 2.89. The monoisotopic (exact) mass is 319 g/mol. The molecule has 0 bridgehead atoms. The van der Waals surface area contributed by atoms with Crippen LogP contribution in [0.1, 0.15) is 45.4 Å². The summed E-state index contributed by atoms with van der Waals surface area (Å²) < 4.78 is 16.1. The van der Waals surface area contributed by atoms with Gasteiger partial charge < -0.3 is 19.1 Å². The second kappa shape index (κ2) is 11.4. The molecule has 1 saturated carbocycles. The lowest BCUT2D eigenvalue weighted by Crippen LogP contribution is -2.30. The van der Waals surface area contributed by atoms with E-state index in [1.807, 2.05) is 6.92 Å². The lowest BCUT2D eigenvalue weighted by Gasteiger charge is -2.23. The molecular formula is C15H30NO4P. The predicted molar refractivity (Wildman–Crippen MR) is 85.4 cm³/mol. The van der Waals surface area contributed by atoms with Gasteiger partial charge in [-0.05, 0) is 25.7 Å². The third kappa shape index (κ3) is 8.72. The number of hydrogen-bond acceptors (Lipinski definition) is 4. The van der Waals surface area contributed by atoms with Crippen LogP contribution in [0.5, 0.6) is 0 Å². The molecule has 0 saturated heterocycles. The molecule has 0 aliphatic heterocycles. The molecule has 0 aromatic carbocycles. The number of amides is 1. The molecule has 1 atom stereocenters. The molecular weight excluding hydrogens is 289 g/mol. The van der Waals surface area contributed by atoms with Crippen LogP contribution in [0, 0.1) is 5.92 Å². The average molecular weight is 319 g/mol. The Morgan fingerprint density at radius 2 is 1.90 bits per heavy atom. The van der Waals surface area contributed by atoms with Crippen LogP contribution in [-0.4, -0.2) is 45.5 Å². The third-order valence-electron chi connectivity index (χ3n) is 3.84. The fourth-order valence-corrected chi connectivity index (χ4v) is 3.40. The number of hydrogen-bond donors (Lipinski definition) is 1. The molecule has 1 aliphatic rings. The van der Waals surface area contributed by atoms with Gasteiger partial charge in [0.1, 0.15) is 0 Å². The van der Waals surface area contributed by atoms with Gasteiger partial charge in [-0.25, -0.2) is 0 Å². The van der Waals surface area contributed by atoms with Crippen molar-refractivity contribution in [2.24, 2.45) is 5.92 Å². The van der Waals surface area contributed by atoms with Crippen molar-refractivity contribution < 1.29 is 18.6 Å². The van der Waals surface area contributed by atoms with Crippen molar-refractivity contribution in [2.75, 3.05) is 33.5 Å². The van der Waals surface area contributed by atoms with Gasteiger partial charge in [-0.1, -0.05) is 19.3 Å². The van der Waals surface area contributed by atoms with Crippen molar-refractivity contribution in [3.63, 3.8) is 0 Å². The Morgan fingerprint density at radius 3 is 2.52 bits per heavy atom. The molecule has 0 heterocycles. The molecule has 1 amide bonds. The molecule has 21 heavy (non-hydrogen) atoms. The highest BCUT2D eigenvalue weighted by Crippen LogP contribution is 2.34. The van der Waals surface area contributed by atoms with Crippen molar-refractivity contribution in [2.45, 2.75) is 51.6 Å². The summed E-state index contributed by atoms with van der Waals surface area (Å²) in [5.74, 6) is 0.726. The molecule has 1 rings (SSSR count). The second-order valence-corrected chi connectivity index (χ2v) is 7.47. The van der Waals surface area contributed by atoms with Gasteiger partial charge in [0.15, 0.2) is 8.38 Å². The Balaban J connectivity index is 2.06. The molecule has 1 N–H and O–H groups in total. The zero-order valence-electron chi connectivity index (χ0n) is 13.6. The van der Waals surface area contributed by atoms with Gasteiger partial charge >= 0.3 is 0 Å². The smallest absolute Gasteiger partial charge is 0.222 e. The van der Waals surface area contributed by atoms with E-state index in [2.05, 4.69) is 5.32 Å². The Hall–Kier alpha value is -0.220. The Morgan fingerprint density at radius 1 is 1.24 bits per heavy atom. The van der Waals surface area contributed by atoms with Crippen LogP contribution in [0.4, 0.5) is 0 Å². The van der Waals surface area contributed by atoms with Crippen LogP contribution in [0.3, 0.4) is 0 Å². The molecule has 0 spiro atoms. The maximum atomic E-state index is 11.8. The van der Waals surface area contributed by atoms with Crippen LogP contribution < -0.4 is 5.32 Å². The van der Waals surface area contributed by atoms with E-state index in [-0.39, 0.29) is 12.0 Å². The van der Waals surface area contributed by atoms with Gasteiger partial charge in [0.05, 0.1) is 12.5 Å². The number of carbonyl (C=O) groups is 1. The van der Waals surface area contributed by atoms with Gasteiger partial charge in [0.25, 0.3) is 0 Å². The Kier molecular flexibility index (Phi) is 10.2. The summed E-state index contributed by atoms with van der Waals surface area (Å²) >= 11 is 0. The zero-order chi connectivity index (χ0) is 15.5. The van der Waals surface area contributed by atoms with E-state index in [9.17, 15) is 4.79 Å². The summed E-state index contributed by atoms with van der Waals surface area (Å²) in [7, 11) is 2.38. The summed E-state index contributed by atoms with van der Waals surface area (Å²) in [5.41, 5.74) is 0. The van der Waals surface area contributed by atoms with Gasteiger partial charge in [-0.3, -0.25) is 4.79 Å². The first kappa shape index (κ1) is 18.8. The molecule has 1 fully saturated rings. The largest absolute Gasteiger partial charge is 0.378 e. The van der Waals surface area contributed by atoms with Gasteiger partial charge in [0, 0.05) is 33.5 Å². The Labute approximate surface area is 130 Å². The number of carbonyl (C=O) groups excluding carboxylic acids is 1. The highest BCUT2D eigenvalue weighted by atomic mass is 31.2. The van der Waals surface area contributed by atoms with E-state index in [4.69, 9.17) is 13.8 Å². The molecule has 1 aliphatic carbocycles. The molecule has 0 aromatic rings. The van der Waals surface area contributed by atoms with E-state index >= 15 is 0 Å². The van der Waals surface area contributed by atoms with Crippen molar-refractivity contribution in [3.8, 4) is 0 Å². The lowest BCUT2D eigenvalue weighted by molar-refractivity contribution is -0.123. The van der Waals surface area contributed by atoms with Gasteiger partial charge in [-0.15, -0.1) is 0 Å². The van der Waals surface area contributed by atoms with Crippen molar-refractivity contribution in [1.82, 2.24) is 5.32 Å². The molecule has 6 heteroatoms. The number of ether oxygens (including phenoxy) is 1. The maximum Gasteiger partial charge on any atom is 0.222 e. The maximum absolute atomic E-state index is 11.8. The lowest BCUT2D eigenvalue weighted by atomic mass is 9.90. The zero-order valence-corrected chi connectivity index (χ0v) is 14.5. The van der Waals surface area contributed by atoms with E-state index in [0.29, 0.717) is 25.0 Å². The minimum absolute atomic E-state index is 0.0155. The minimum Gasteiger partial charge on any atom is -0.378 e. The van der Waals surface area contributed by atoms with E-state index < -0.39 is 8.38 Å². The molecule has 0 aromatic heterocycles. The molecule has 1 unspecified atom stereocenters. The summed E-state index contributed by atoms with van der Waals surface area (Å²) in [6.07, 6.45) is 7.68. The molecule has 0 radical (unpaired) electrons. The number of nitrogens with one attached hydrogen (secondary N) is 1. The fraction of sp³-hybridized carbons (Fsp3) is 0.933. The van der Waals surface area contributed by atoms with Crippen LogP contribution in [-0.2, 0) is 18.6 Å². The molecule has 5 nitrogen and oxygen atoms in total. The van der Waals surface area contributed by atoms with Crippen LogP contribution >= 0.6 is 8.38 Å². The van der Waals surface area contributed by atoms with E-state index in [1.165, 1.54) is 32.1 Å². The minimum atomic E-state index is -0.869. The first-order valence-corrected chi connectivity index (χ1v) is 9.26. The van der Waals surface area contributed by atoms with Crippen molar-refractivity contribution >= 4 is 14.3 Å². The van der Waals surface area contributed by atoms with Crippen molar-refractivity contribution in [1.29, 1.82) is 0 Å². The molecule has 124 valence electrons. The topological polar surface area (TPSA) is 56.8 Å². The number of rotatable bonds is 10. The first-order chi connectivity index (χ1) is 10.2. The summed E-state index contributed by atoms with van der Waals surface area (Å²) in [6.45, 7) is 3.36. The van der Waals surface area contributed by atoms with Crippen LogP contribution in [0.15, 0.2) is 0 Å². The first-order valence-electron chi connectivity index (χ1n) is 7.89. The van der Waals surface area contributed by atoms with Crippen LogP contribution in [0.2, 0.25) is 0 Å². The average Bonchev–Trinajstić information content (AvgIpc) is 2.50. The highest BCUT2D eigenvalue weighted by molar-refractivity contribution is 7.47. The Bertz CT molecular complexity index is 281. The van der Waals surface area contributed by atoms with E-state index in [0.717, 1.165) is 6.61 Å². The van der Waals surface area contributed by atoms with Gasteiger partial charge in [0.2, 0.25) is 5.91 Å². The summed E-state index contributed by atoms with van der Waals surface area (Å²) in [4.78, 5) is 11.8. The predicted octanol–water partition coefficient (Wildman–Crippen LogP) is 3.08. The van der Waals surface area contributed by atoms with Gasteiger partial charge in [-0.2, -0.15) is 0 Å². The summed E-state index contributed by atoms with van der Waals surface area (Å²) in [6, 6.07) is 0. The van der Waals surface area contributed by atoms with Crippen molar-refractivity contribution in [3.05, 3.63) is 0 Å². The van der Waals surface area contributed by atoms with E-state index in [1.54, 1.807) is 14.2 Å². The standard InChI is InChI=1S/C15H30NO4P/c1-13(20-12-14-7-5-4-6-8-14)11-15(17)16-9-10-21(18-2)19-3/h13-14H,4-12H2,1-3H3,(H,16,17). The highest BCUT2D eigenvalue weighted by Gasteiger charge is 2.16. The fourth-order valence-electron chi connectivity index (χ4n) is 2.59. The van der Waals surface area contributed by atoms with Crippen LogP contribution in [0.25, 0.3) is 0 Å². The normalized spacial score (nSPS) is 17.9.